The Morgan fingerprint density at radius 3 is 2.94 bits per heavy atom. The molecule has 4 nitrogen and oxygen atoms in total. The average molecular weight is 225 g/mol. The van der Waals surface area contributed by atoms with Crippen LogP contribution in [0.4, 0.5) is 0 Å². The summed E-state index contributed by atoms with van der Waals surface area (Å²) in [5.74, 6) is 0. The quantitative estimate of drug-likeness (QED) is 0.681. The molecule has 1 heterocycles. The van der Waals surface area contributed by atoms with Gasteiger partial charge < -0.3 is 10.1 Å². The number of rotatable bonds is 8. The molecule has 0 aliphatic carbocycles. The van der Waals surface area contributed by atoms with Gasteiger partial charge in [0.15, 0.2) is 0 Å². The van der Waals surface area contributed by atoms with E-state index in [2.05, 4.69) is 23.5 Å². The van der Waals surface area contributed by atoms with Crippen molar-refractivity contribution in [1.82, 2.24) is 15.1 Å². The first-order chi connectivity index (χ1) is 7.77. The molecule has 0 radical (unpaired) electrons. The molecular weight excluding hydrogens is 202 g/mol. The number of hydrogen-bond acceptors (Lipinski definition) is 3. The van der Waals surface area contributed by atoms with Crippen LogP contribution < -0.4 is 5.32 Å². The van der Waals surface area contributed by atoms with Crippen LogP contribution in [-0.2, 0) is 24.8 Å². The maximum atomic E-state index is 5.01. The lowest BCUT2D eigenvalue weighted by atomic mass is 10.2. The maximum absolute atomic E-state index is 5.01. The first-order valence-corrected chi connectivity index (χ1v) is 5.99. The lowest BCUT2D eigenvalue weighted by Crippen LogP contribution is -2.15. The molecule has 0 spiro atoms. The predicted octanol–water partition coefficient (Wildman–Crippen LogP) is 1.50. The second-order valence-electron chi connectivity index (χ2n) is 4.00. The highest BCUT2D eigenvalue weighted by atomic mass is 16.5. The fraction of sp³-hybridized carbons (Fsp3) is 0.750. The summed E-state index contributed by atoms with van der Waals surface area (Å²) in [4.78, 5) is 0. The van der Waals surface area contributed by atoms with Crippen LogP contribution in [0.25, 0.3) is 0 Å². The molecule has 0 atom stereocenters. The number of hydrogen-bond donors (Lipinski definition) is 1. The monoisotopic (exact) mass is 225 g/mol. The third-order valence-electron chi connectivity index (χ3n) is 2.59. The Morgan fingerprint density at radius 2 is 2.25 bits per heavy atom. The molecule has 1 rings (SSSR count). The van der Waals surface area contributed by atoms with Gasteiger partial charge >= 0.3 is 0 Å². The SMILES string of the molecule is CCc1nn(C)cc1CNCCCCOC. The number of aromatic nitrogens is 2. The van der Waals surface area contributed by atoms with Crippen LogP contribution in [0.15, 0.2) is 6.20 Å². The van der Waals surface area contributed by atoms with Crippen molar-refractivity contribution < 1.29 is 4.74 Å². The second-order valence-corrected chi connectivity index (χ2v) is 4.00. The highest BCUT2D eigenvalue weighted by Gasteiger charge is 2.04. The number of aryl methyl sites for hydroxylation is 2. The van der Waals surface area contributed by atoms with Gasteiger partial charge in [-0.1, -0.05) is 6.92 Å². The summed E-state index contributed by atoms with van der Waals surface area (Å²) in [6, 6.07) is 0. The minimum atomic E-state index is 0.856. The fourth-order valence-corrected chi connectivity index (χ4v) is 1.75. The minimum Gasteiger partial charge on any atom is -0.385 e. The largest absolute Gasteiger partial charge is 0.385 e. The summed E-state index contributed by atoms with van der Waals surface area (Å²) >= 11 is 0. The number of unbranched alkanes of at least 4 members (excludes halogenated alkanes) is 1. The third kappa shape index (κ3) is 4.33. The lowest BCUT2D eigenvalue weighted by molar-refractivity contribution is 0.192. The number of nitrogens with one attached hydrogen (secondary N) is 1. The van der Waals surface area contributed by atoms with Crippen molar-refractivity contribution in [3.63, 3.8) is 0 Å². The number of nitrogens with zero attached hydrogens (tertiary/aromatic N) is 2. The predicted molar refractivity (Wildman–Crippen MR) is 65.4 cm³/mol. The molecule has 0 unspecified atom stereocenters. The molecule has 92 valence electrons. The van der Waals surface area contributed by atoms with Gasteiger partial charge in [-0.15, -0.1) is 0 Å². The minimum absolute atomic E-state index is 0.856. The van der Waals surface area contributed by atoms with Gasteiger partial charge in [-0.25, -0.2) is 0 Å². The molecule has 4 heteroatoms. The van der Waals surface area contributed by atoms with Crippen molar-refractivity contribution in [2.24, 2.45) is 7.05 Å². The summed E-state index contributed by atoms with van der Waals surface area (Å²) in [5.41, 5.74) is 2.52. The van der Waals surface area contributed by atoms with Crippen molar-refractivity contribution in [3.8, 4) is 0 Å². The van der Waals surface area contributed by atoms with Crippen LogP contribution in [0.2, 0.25) is 0 Å². The number of methoxy groups -OCH3 is 1. The van der Waals surface area contributed by atoms with Crippen molar-refractivity contribution >= 4 is 0 Å². The van der Waals surface area contributed by atoms with Crippen LogP contribution in [0.5, 0.6) is 0 Å². The van der Waals surface area contributed by atoms with E-state index in [0.29, 0.717) is 0 Å². The Balaban J connectivity index is 2.21. The van der Waals surface area contributed by atoms with E-state index in [1.54, 1.807) is 7.11 Å². The van der Waals surface area contributed by atoms with Gasteiger partial charge in [0.25, 0.3) is 0 Å². The van der Waals surface area contributed by atoms with Gasteiger partial charge in [0.05, 0.1) is 5.69 Å². The van der Waals surface area contributed by atoms with Crippen LogP contribution >= 0.6 is 0 Å². The molecular formula is C12H23N3O. The van der Waals surface area contributed by atoms with E-state index >= 15 is 0 Å². The van der Waals surface area contributed by atoms with Gasteiger partial charge in [0.2, 0.25) is 0 Å². The Labute approximate surface area is 98.0 Å². The van der Waals surface area contributed by atoms with Crippen molar-refractivity contribution in [2.75, 3.05) is 20.3 Å². The molecule has 0 bridgehead atoms. The summed E-state index contributed by atoms with van der Waals surface area (Å²) in [7, 11) is 3.72. The Morgan fingerprint density at radius 1 is 1.44 bits per heavy atom. The van der Waals surface area contributed by atoms with Crippen LogP contribution in [0.1, 0.15) is 31.0 Å². The topological polar surface area (TPSA) is 39.1 Å². The highest BCUT2D eigenvalue weighted by molar-refractivity contribution is 5.16. The summed E-state index contributed by atoms with van der Waals surface area (Å²) < 4.78 is 6.90. The zero-order valence-corrected chi connectivity index (χ0v) is 10.6. The molecule has 1 aromatic rings. The molecule has 0 saturated heterocycles. The first-order valence-electron chi connectivity index (χ1n) is 5.99. The van der Waals surface area contributed by atoms with Crippen molar-refractivity contribution in [2.45, 2.75) is 32.7 Å². The van der Waals surface area contributed by atoms with Crippen molar-refractivity contribution in [1.29, 1.82) is 0 Å². The molecule has 1 N–H and O–H groups in total. The lowest BCUT2D eigenvalue weighted by Gasteiger charge is -2.04. The average Bonchev–Trinajstić information content (AvgIpc) is 2.64. The summed E-state index contributed by atoms with van der Waals surface area (Å²) in [6.45, 7) is 4.96. The zero-order chi connectivity index (χ0) is 11.8. The fourth-order valence-electron chi connectivity index (χ4n) is 1.75. The van der Waals surface area contributed by atoms with Crippen LogP contribution in [0, 0.1) is 0 Å². The van der Waals surface area contributed by atoms with E-state index in [9.17, 15) is 0 Å². The van der Waals surface area contributed by atoms with E-state index in [-0.39, 0.29) is 0 Å². The Hall–Kier alpha value is -0.870. The van der Waals surface area contributed by atoms with E-state index in [4.69, 9.17) is 4.74 Å². The smallest absolute Gasteiger partial charge is 0.0666 e. The van der Waals surface area contributed by atoms with E-state index in [1.807, 2.05) is 11.7 Å². The first kappa shape index (κ1) is 13.2. The summed E-state index contributed by atoms with van der Waals surface area (Å²) in [5, 5.41) is 7.85. The van der Waals surface area contributed by atoms with Gasteiger partial charge in [0.1, 0.15) is 0 Å². The van der Waals surface area contributed by atoms with Crippen LogP contribution in [-0.4, -0.2) is 30.0 Å². The van der Waals surface area contributed by atoms with Gasteiger partial charge in [-0.3, -0.25) is 4.68 Å². The van der Waals surface area contributed by atoms with E-state index < -0.39 is 0 Å². The second kappa shape index (κ2) is 7.41. The Kier molecular flexibility index (Phi) is 6.11. The number of ether oxygens (including phenoxy) is 1. The molecule has 0 aromatic carbocycles. The zero-order valence-electron chi connectivity index (χ0n) is 10.6. The summed E-state index contributed by atoms with van der Waals surface area (Å²) in [6.07, 6.45) is 5.38. The maximum Gasteiger partial charge on any atom is 0.0666 e. The van der Waals surface area contributed by atoms with E-state index in [0.717, 1.165) is 39.0 Å². The molecule has 1 aromatic heterocycles. The van der Waals surface area contributed by atoms with Crippen molar-refractivity contribution in [3.05, 3.63) is 17.5 Å². The molecule has 0 aliphatic heterocycles. The Bertz CT molecular complexity index is 296. The van der Waals surface area contributed by atoms with Crippen LogP contribution in [0.3, 0.4) is 0 Å². The molecule has 0 aliphatic rings. The highest BCUT2D eigenvalue weighted by Crippen LogP contribution is 2.06. The third-order valence-corrected chi connectivity index (χ3v) is 2.59. The van der Waals surface area contributed by atoms with E-state index in [1.165, 1.54) is 11.3 Å². The standard InChI is InChI=1S/C12H23N3O/c1-4-12-11(10-15(2)14-12)9-13-7-5-6-8-16-3/h10,13H,4-9H2,1-3H3. The van der Waals surface area contributed by atoms with Gasteiger partial charge in [-0.05, 0) is 25.8 Å². The molecule has 16 heavy (non-hydrogen) atoms. The van der Waals surface area contributed by atoms with Gasteiger partial charge in [-0.2, -0.15) is 5.10 Å². The molecule has 0 fully saturated rings. The van der Waals surface area contributed by atoms with Gasteiger partial charge in [0, 0.05) is 39.1 Å². The molecule has 0 amide bonds. The normalized spacial score (nSPS) is 10.9. The molecule has 0 saturated carbocycles.